The lowest BCUT2D eigenvalue weighted by molar-refractivity contribution is -0.124. The monoisotopic (exact) mass is 570 g/mol. The molecule has 1 heterocycles. The second-order valence-electron chi connectivity index (χ2n) is 7.68. The summed E-state index contributed by atoms with van der Waals surface area (Å²) in [6.07, 6.45) is 6.54. The molecule has 1 N–H and O–H groups in total. The Balaban J connectivity index is 1.49. The van der Waals surface area contributed by atoms with Crippen LogP contribution in [0.25, 0.3) is 6.08 Å². The first-order valence-corrected chi connectivity index (χ1v) is 12.0. The molecule has 3 amide bonds. The van der Waals surface area contributed by atoms with Crippen molar-refractivity contribution in [3.63, 3.8) is 0 Å². The van der Waals surface area contributed by atoms with E-state index in [1.54, 1.807) is 18.2 Å². The summed E-state index contributed by atoms with van der Waals surface area (Å²) in [5.41, 5.74) is 1.85. The number of ether oxygens (including phenoxy) is 1. The maximum Gasteiger partial charge on any atom is 0.329 e. The highest BCUT2D eigenvalue weighted by Gasteiger charge is 2.38. The SMILES string of the molecule is O=C1N/C(=C\c2cc(Cl)c(OCc3ccc(I)cc3)c(Cl)c2)C(=O)N1C1CCCCC1. The van der Waals surface area contributed by atoms with E-state index in [4.69, 9.17) is 27.9 Å². The van der Waals surface area contributed by atoms with E-state index in [9.17, 15) is 9.59 Å². The van der Waals surface area contributed by atoms with Crippen LogP contribution < -0.4 is 10.1 Å². The lowest BCUT2D eigenvalue weighted by Crippen LogP contribution is -2.41. The summed E-state index contributed by atoms with van der Waals surface area (Å²) in [6.45, 7) is 0.335. The minimum absolute atomic E-state index is 0.0311. The number of amides is 3. The van der Waals surface area contributed by atoms with Crippen LogP contribution in [-0.4, -0.2) is 22.9 Å². The predicted octanol–water partition coefficient (Wildman–Crippen LogP) is 6.40. The molecule has 2 aromatic rings. The Bertz CT molecular complexity index is 1010. The van der Waals surface area contributed by atoms with Crippen molar-refractivity contribution in [2.24, 2.45) is 0 Å². The Morgan fingerprint density at radius 2 is 1.71 bits per heavy atom. The van der Waals surface area contributed by atoms with Gasteiger partial charge in [-0.2, -0.15) is 0 Å². The normalized spacial score (nSPS) is 18.5. The maximum absolute atomic E-state index is 12.8. The van der Waals surface area contributed by atoms with Crippen LogP contribution in [0.3, 0.4) is 0 Å². The molecule has 4 rings (SSSR count). The Morgan fingerprint density at radius 3 is 2.35 bits per heavy atom. The van der Waals surface area contributed by atoms with E-state index < -0.39 is 0 Å². The number of carbonyl (C=O) groups excluding carboxylic acids is 2. The van der Waals surface area contributed by atoms with Crippen LogP contribution in [0, 0.1) is 3.57 Å². The van der Waals surface area contributed by atoms with Crippen LogP contribution >= 0.6 is 45.8 Å². The smallest absolute Gasteiger partial charge is 0.329 e. The van der Waals surface area contributed by atoms with Crippen LogP contribution in [0.5, 0.6) is 5.75 Å². The molecule has 1 saturated carbocycles. The number of hydrogen-bond donors (Lipinski definition) is 1. The average molecular weight is 571 g/mol. The Labute approximate surface area is 204 Å². The van der Waals surface area contributed by atoms with E-state index >= 15 is 0 Å². The summed E-state index contributed by atoms with van der Waals surface area (Å²) < 4.78 is 6.97. The maximum atomic E-state index is 12.8. The largest absolute Gasteiger partial charge is 0.486 e. The number of urea groups is 1. The van der Waals surface area contributed by atoms with Crippen molar-refractivity contribution in [2.45, 2.75) is 44.8 Å². The molecule has 8 heteroatoms. The van der Waals surface area contributed by atoms with Crippen LogP contribution in [0.1, 0.15) is 43.2 Å². The first-order chi connectivity index (χ1) is 14.9. The third-order valence-electron chi connectivity index (χ3n) is 5.48. The van der Waals surface area contributed by atoms with Gasteiger partial charge in [-0.1, -0.05) is 54.6 Å². The van der Waals surface area contributed by atoms with Crippen molar-refractivity contribution in [3.05, 3.63) is 66.8 Å². The molecule has 5 nitrogen and oxygen atoms in total. The highest BCUT2D eigenvalue weighted by molar-refractivity contribution is 14.1. The van der Waals surface area contributed by atoms with Gasteiger partial charge in [0.15, 0.2) is 5.75 Å². The summed E-state index contributed by atoms with van der Waals surface area (Å²) in [5.74, 6) is 0.0813. The number of rotatable bonds is 5. The Hall–Kier alpha value is -1.77. The molecule has 0 atom stereocenters. The van der Waals surface area contributed by atoms with Gasteiger partial charge < -0.3 is 10.1 Å². The highest BCUT2D eigenvalue weighted by atomic mass is 127. The molecule has 0 spiro atoms. The van der Waals surface area contributed by atoms with Crippen LogP contribution in [0.15, 0.2) is 42.1 Å². The van der Waals surface area contributed by atoms with Crippen molar-refractivity contribution in [2.75, 3.05) is 0 Å². The number of carbonyl (C=O) groups is 2. The van der Waals surface area contributed by atoms with Gasteiger partial charge in [0, 0.05) is 9.61 Å². The standard InChI is InChI=1S/C23H21Cl2IN2O3/c24-18-10-15(11-19(25)21(18)31-13-14-6-8-16(26)9-7-14)12-20-22(29)28(23(30)27-20)17-4-2-1-3-5-17/h6-12,17H,1-5,13H2,(H,27,30)/b20-12-. The Morgan fingerprint density at radius 1 is 1.06 bits per heavy atom. The summed E-state index contributed by atoms with van der Waals surface area (Å²) in [7, 11) is 0. The molecular weight excluding hydrogens is 550 g/mol. The summed E-state index contributed by atoms with van der Waals surface area (Å²) in [4.78, 5) is 26.6. The predicted molar refractivity (Wildman–Crippen MR) is 130 cm³/mol. The molecule has 1 aliphatic carbocycles. The summed E-state index contributed by atoms with van der Waals surface area (Å²) >= 11 is 15.1. The van der Waals surface area contributed by atoms with Crippen molar-refractivity contribution in [3.8, 4) is 5.75 Å². The van der Waals surface area contributed by atoms with Crippen molar-refractivity contribution in [1.29, 1.82) is 0 Å². The van der Waals surface area contributed by atoms with E-state index in [-0.39, 0.29) is 23.7 Å². The van der Waals surface area contributed by atoms with Crippen LogP contribution in [0.4, 0.5) is 4.79 Å². The number of hydrogen-bond acceptors (Lipinski definition) is 3. The van der Waals surface area contributed by atoms with Gasteiger partial charge in [-0.3, -0.25) is 9.69 Å². The lowest BCUT2D eigenvalue weighted by atomic mass is 9.94. The zero-order valence-corrected chi connectivity index (χ0v) is 20.3. The number of benzene rings is 2. The average Bonchev–Trinajstić information content (AvgIpc) is 3.02. The molecule has 0 aromatic heterocycles. The van der Waals surface area contributed by atoms with Crippen LogP contribution in [0.2, 0.25) is 10.0 Å². The molecule has 1 saturated heterocycles. The van der Waals surface area contributed by atoms with E-state index in [1.165, 1.54) is 4.90 Å². The van der Waals surface area contributed by atoms with Crippen molar-refractivity contribution < 1.29 is 14.3 Å². The first-order valence-electron chi connectivity index (χ1n) is 10.1. The second-order valence-corrected chi connectivity index (χ2v) is 9.74. The molecule has 2 fully saturated rings. The molecule has 2 aliphatic rings. The number of halogens is 3. The molecule has 31 heavy (non-hydrogen) atoms. The topological polar surface area (TPSA) is 58.6 Å². The number of nitrogens with zero attached hydrogens (tertiary/aromatic N) is 1. The van der Waals surface area contributed by atoms with Crippen molar-refractivity contribution in [1.82, 2.24) is 10.2 Å². The number of nitrogens with one attached hydrogen (secondary N) is 1. The fraction of sp³-hybridized carbons (Fsp3) is 0.304. The molecule has 0 unspecified atom stereocenters. The molecule has 0 radical (unpaired) electrons. The van der Waals surface area contributed by atoms with Gasteiger partial charge in [0.25, 0.3) is 5.91 Å². The van der Waals surface area contributed by atoms with Crippen molar-refractivity contribution >= 4 is 63.8 Å². The van der Waals surface area contributed by atoms with E-state index in [0.29, 0.717) is 28.0 Å². The van der Waals surface area contributed by atoms with Crippen LogP contribution in [-0.2, 0) is 11.4 Å². The summed E-state index contributed by atoms with van der Waals surface area (Å²) in [5, 5.41) is 3.36. The number of imide groups is 1. The fourth-order valence-electron chi connectivity index (χ4n) is 3.92. The highest BCUT2D eigenvalue weighted by Crippen LogP contribution is 2.36. The zero-order valence-electron chi connectivity index (χ0n) is 16.7. The summed E-state index contributed by atoms with van der Waals surface area (Å²) in [6, 6.07) is 10.9. The molecule has 1 aliphatic heterocycles. The molecular formula is C23H21Cl2IN2O3. The third kappa shape index (κ3) is 5.18. The fourth-order valence-corrected chi connectivity index (χ4v) is 4.90. The minimum atomic E-state index is -0.363. The van der Waals surface area contributed by atoms with Gasteiger partial charge in [-0.05, 0) is 76.9 Å². The van der Waals surface area contributed by atoms with Gasteiger partial charge in [0.2, 0.25) is 0 Å². The van der Waals surface area contributed by atoms with Gasteiger partial charge >= 0.3 is 6.03 Å². The Kier molecular flexibility index (Phi) is 7.08. The minimum Gasteiger partial charge on any atom is -0.486 e. The van der Waals surface area contributed by atoms with E-state index in [0.717, 1.165) is 41.2 Å². The van der Waals surface area contributed by atoms with Gasteiger partial charge in [0.05, 0.1) is 10.0 Å². The third-order valence-corrected chi connectivity index (χ3v) is 6.76. The quantitative estimate of drug-likeness (QED) is 0.257. The molecule has 162 valence electrons. The first kappa shape index (κ1) is 22.4. The molecule has 2 aromatic carbocycles. The van der Waals surface area contributed by atoms with E-state index in [1.807, 2.05) is 24.3 Å². The van der Waals surface area contributed by atoms with Gasteiger partial charge in [-0.25, -0.2) is 4.79 Å². The lowest BCUT2D eigenvalue weighted by Gasteiger charge is -2.28. The second kappa shape index (κ2) is 9.79. The zero-order chi connectivity index (χ0) is 22.0. The van der Waals surface area contributed by atoms with Gasteiger partial charge in [-0.15, -0.1) is 0 Å². The molecule has 0 bridgehead atoms. The van der Waals surface area contributed by atoms with E-state index in [2.05, 4.69) is 27.9 Å². The van der Waals surface area contributed by atoms with Gasteiger partial charge in [0.1, 0.15) is 12.3 Å².